The lowest BCUT2D eigenvalue weighted by Crippen LogP contribution is -2.44. The van der Waals surface area contributed by atoms with Gasteiger partial charge in [-0.15, -0.1) is 11.3 Å². The molecular weight excluding hydrogens is 216 g/mol. The average Bonchev–Trinajstić information content (AvgIpc) is 2.67. The Labute approximate surface area is 102 Å². The summed E-state index contributed by atoms with van der Waals surface area (Å²) in [6.45, 7) is 7.72. The van der Waals surface area contributed by atoms with Crippen LogP contribution in [0.1, 0.15) is 50.2 Å². The summed E-state index contributed by atoms with van der Waals surface area (Å²) < 4.78 is 0. The Balaban J connectivity index is 1.85. The zero-order valence-electron chi connectivity index (χ0n) is 10.5. The predicted octanol–water partition coefficient (Wildman–Crippen LogP) is 3.51. The summed E-state index contributed by atoms with van der Waals surface area (Å²) in [4.78, 5) is 4.50. The molecular formula is C13H22N2S. The lowest BCUT2D eigenvalue weighted by Gasteiger charge is -2.37. The number of nitrogens with zero attached hydrogens (tertiary/aromatic N) is 1. The maximum absolute atomic E-state index is 4.50. The van der Waals surface area contributed by atoms with E-state index in [-0.39, 0.29) is 0 Å². The van der Waals surface area contributed by atoms with Crippen LogP contribution in [0.25, 0.3) is 0 Å². The zero-order valence-corrected chi connectivity index (χ0v) is 11.4. The molecule has 0 saturated heterocycles. The molecule has 2 rings (SSSR count). The van der Waals surface area contributed by atoms with Gasteiger partial charge in [-0.1, -0.05) is 6.92 Å². The van der Waals surface area contributed by atoms with Crippen LogP contribution in [0.4, 0.5) is 0 Å². The van der Waals surface area contributed by atoms with Gasteiger partial charge in [-0.25, -0.2) is 4.98 Å². The topological polar surface area (TPSA) is 24.9 Å². The molecule has 0 spiro atoms. The molecule has 0 radical (unpaired) electrons. The Hall–Kier alpha value is -0.410. The standard InChI is InChI=1S/C13H22N2S/c1-10-4-6-13(3,7-5-10)14-8-12-15-11(2)9-16-12/h9-10,14H,4-8H2,1-3H3. The second kappa shape index (κ2) is 4.84. The molecule has 2 nitrogen and oxygen atoms in total. The number of aromatic nitrogens is 1. The monoisotopic (exact) mass is 238 g/mol. The van der Waals surface area contributed by atoms with Crippen molar-refractivity contribution in [2.75, 3.05) is 0 Å². The van der Waals surface area contributed by atoms with E-state index in [0.29, 0.717) is 5.54 Å². The van der Waals surface area contributed by atoms with Gasteiger partial charge in [-0.05, 0) is 45.4 Å². The minimum Gasteiger partial charge on any atom is -0.305 e. The van der Waals surface area contributed by atoms with Gasteiger partial charge in [0.25, 0.3) is 0 Å². The Bertz CT molecular complexity index is 337. The molecule has 1 aromatic rings. The van der Waals surface area contributed by atoms with E-state index < -0.39 is 0 Å². The van der Waals surface area contributed by atoms with Crippen LogP contribution < -0.4 is 5.32 Å². The third-order valence-electron chi connectivity index (χ3n) is 3.71. The summed E-state index contributed by atoms with van der Waals surface area (Å²) in [6.07, 6.45) is 5.33. The largest absolute Gasteiger partial charge is 0.305 e. The SMILES string of the molecule is Cc1csc(CNC2(C)CCC(C)CC2)n1. The molecule has 1 fully saturated rings. The number of nitrogens with one attached hydrogen (secondary N) is 1. The van der Waals surface area contributed by atoms with Crippen molar-refractivity contribution in [3.05, 3.63) is 16.1 Å². The molecule has 0 aromatic carbocycles. The number of rotatable bonds is 3. The minimum atomic E-state index is 0.339. The minimum absolute atomic E-state index is 0.339. The second-order valence-electron chi connectivity index (χ2n) is 5.48. The number of thiazole rings is 1. The Kier molecular flexibility index (Phi) is 3.65. The quantitative estimate of drug-likeness (QED) is 0.871. The van der Waals surface area contributed by atoms with Crippen LogP contribution in [0.2, 0.25) is 0 Å². The van der Waals surface area contributed by atoms with Gasteiger partial charge in [0.1, 0.15) is 5.01 Å². The number of aryl methyl sites for hydroxylation is 1. The first-order valence-corrected chi connectivity index (χ1v) is 7.11. The molecule has 16 heavy (non-hydrogen) atoms. The maximum atomic E-state index is 4.50. The van der Waals surface area contributed by atoms with Gasteiger partial charge in [0, 0.05) is 23.2 Å². The predicted molar refractivity (Wildman–Crippen MR) is 69.7 cm³/mol. The van der Waals surface area contributed by atoms with Crippen molar-refractivity contribution >= 4 is 11.3 Å². The van der Waals surface area contributed by atoms with Crippen LogP contribution in [-0.2, 0) is 6.54 Å². The van der Waals surface area contributed by atoms with E-state index in [1.54, 1.807) is 11.3 Å². The summed E-state index contributed by atoms with van der Waals surface area (Å²) in [5.41, 5.74) is 1.48. The van der Waals surface area contributed by atoms with E-state index in [9.17, 15) is 0 Å². The van der Waals surface area contributed by atoms with Crippen molar-refractivity contribution in [3.8, 4) is 0 Å². The second-order valence-corrected chi connectivity index (χ2v) is 6.42. The highest BCUT2D eigenvalue weighted by Gasteiger charge is 2.28. The van der Waals surface area contributed by atoms with Gasteiger partial charge >= 0.3 is 0 Å². The van der Waals surface area contributed by atoms with Crippen molar-refractivity contribution in [2.45, 2.75) is 58.5 Å². The highest BCUT2D eigenvalue weighted by atomic mass is 32.1. The number of hydrogen-bond donors (Lipinski definition) is 1. The molecule has 0 amide bonds. The first-order valence-electron chi connectivity index (χ1n) is 6.23. The van der Waals surface area contributed by atoms with Crippen LogP contribution in [0, 0.1) is 12.8 Å². The van der Waals surface area contributed by atoms with Crippen molar-refractivity contribution in [1.82, 2.24) is 10.3 Å². The molecule has 1 saturated carbocycles. The molecule has 1 N–H and O–H groups in total. The summed E-state index contributed by atoms with van der Waals surface area (Å²) in [6, 6.07) is 0. The van der Waals surface area contributed by atoms with Gasteiger partial charge in [0.2, 0.25) is 0 Å². The molecule has 90 valence electrons. The normalized spacial score (nSPS) is 30.6. The molecule has 1 aromatic heterocycles. The zero-order chi connectivity index (χ0) is 11.6. The Morgan fingerprint density at radius 2 is 2.19 bits per heavy atom. The van der Waals surface area contributed by atoms with Gasteiger partial charge in [-0.3, -0.25) is 0 Å². The van der Waals surface area contributed by atoms with Crippen molar-refractivity contribution in [1.29, 1.82) is 0 Å². The lowest BCUT2D eigenvalue weighted by atomic mass is 9.78. The van der Waals surface area contributed by atoms with E-state index in [1.165, 1.54) is 30.7 Å². The third-order valence-corrected chi connectivity index (χ3v) is 4.68. The van der Waals surface area contributed by atoms with E-state index >= 15 is 0 Å². The van der Waals surface area contributed by atoms with Gasteiger partial charge in [0.15, 0.2) is 0 Å². The summed E-state index contributed by atoms with van der Waals surface area (Å²) in [5, 5.41) is 7.04. The van der Waals surface area contributed by atoms with Crippen LogP contribution in [0.5, 0.6) is 0 Å². The molecule has 0 atom stereocenters. The third kappa shape index (κ3) is 3.05. The van der Waals surface area contributed by atoms with Crippen molar-refractivity contribution in [2.24, 2.45) is 5.92 Å². The first-order chi connectivity index (χ1) is 7.57. The van der Waals surface area contributed by atoms with Crippen LogP contribution >= 0.6 is 11.3 Å². The van der Waals surface area contributed by atoms with Crippen LogP contribution in [0.15, 0.2) is 5.38 Å². The average molecular weight is 238 g/mol. The molecule has 0 bridgehead atoms. The lowest BCUT2D eigenvalue weighted by molar-refractivity contribution is 0.212. The maximum Gasteiger partial charge on any atom is 0.107 e. The summed E-state index contributed by atoms with van der Waals surface area (Å²) in [5.74, 6) is 0.914. The van der Waals surface area contributed by atoms with E-state index in [2.05, 4.69) is 36.5 Å². The fourth-order valence-corrected chi connectivity index (χ4v) is 3.06. The van der Waals surface area contributed by atoms with Crippen LogP contribution in [-0.4, -0.2) is 10.5 Å². The fourth-order valence-electron chi connectivity index (χ4n) is 2.35. The van der Waals surface area contributed by atoms with Gasteiger partial charge in [-0.2, -0.15) is 0 Å². The fraction of sp³-hybridized carbons (Fsp3) is 0.769. The molecule has 0 aliphatic heterocycles. The van der Waals surface area contributed by atoms with E-state index in [4.69, 9.17) is 0 Å². The first kappa shape index (κ1) is 12.1. The van der Waals surface area contributed by atoms with Crippen LogP contribution in [0.3, 0.4) is 0 Å². The summed E-state index contributed by atoms with van der Waals surface area (Å²) in [7, 11) is 0. The number of hydrogen-bond acceptors (Lipinski definition) is 3. The van der Waals surface area contributed by atoms with Crippen molar-refractivity contribution < 1.29 is 0 Å². The molecule has 3 heteroatoms. The smallest absolute Gasteiger partial charge is 0.107 e. The van der Waals surface area contributed by atoms with Gasteiger partial charge in [0.05, 0.1) is 0 Å². The van der Waals surface area contributed by atoms with E-state index in [1.807, 2.05) is 0 Å². The highest BCUT2D eigenvalue weighted by molar-refractivity contribution is 7.09. The van der Waals surface area contributed by atoms with Gasteiger partial charge < -0.3 is 5.32 Å². The van der Waals surface area contributed by atoms with Crippen molar-refractivity contribution in [3.63, 3.8) is 0 Å². The summed E-state index contributed by atoms with van der Waals surface area (Å²) >= 11 is 1.76. The highest BCUT2D eigenvalue weighted by Crippen LogP contribution is 2.31. The Morgan fingerprint density at radius 1 is 1.50 bits per heavy atom. The molecule has 0 unspecified atom stereocenters. The molecule has 1 heterocycles. The molecule has 1 aliphatic rings. The Morgan fingerprint density at radius 3 is 2.75 bits per heavy atom. The van der Waals surface area contributed by atoms with E-state index in [0.717, 1.165) is 18.2 Å². The molecule has 1 aliphatic carbocycles.